The summed E-state index contributed by atoms with van der Waals surface area (Å²) in [7, 11) is 1.48. The molecule has 1 aliphatic heterocycles. The first-order valence-corrected chi connectivity index (χ1v) is 6.37. The van der Waals surface area contributed by atoms with Crippen molar-refractivity contribution in [3.8, 4) is 5.75 Å². The Kier molecular flexibility index (Phi) is 4.21. The van der Waals surface area contributed by atoms with Crippen LogP contribution in [0.15, 0.2) is 18.2 Å². The maximum atomic E-state index is 11.2. The molecule has 2 rings (SSSR count). The van der Waals surface area contributed by atoms with Gasteiger partial charge in [0.25, 0.3) is 5.69 Å². The van der Waals surface area contributed by atoms with Gasteiger partial charge >= 0.3 is 0 Å². The fraction of sp³-hybridized carbons (Fsp3) is 0.538. The molecule has 1 unspecified atom stereocenters. The number of benzene rings is 1. The molecule has 1 N–H and O–H groups in total. The second kappa shape index (κ2) is 5.88. The van der Waals surface area contributed by atoms with E-state index in [-0.39, 0.29) is 18.3 Å². The van der Waals surface area contributed by atoms with Crippen molar-refractivity contribution >= 4 is 11.4 Å². The molecule has 1 aromatic carbocycles. The number of aliphatic hydroxyl groups is 1. The van der Waals surface area contributed by atoms with Crippen LogP contribution in [-0.2, 0) is 0 Å². The zero-order chi connectivity index (χ0) is 13.8. The van der Waals surface area contributed by atoms with E-state index in [9.17, 15) is 15.2 Å². The molecule has 0 saturated carbocycles. The Morgan fingerprint density at radius 1 is 1.53 bits per heavy atom. The number of nitro groups is 1. The van der Waals surface area contributed by atoms with Crippen LogP contribution in [0, 0.1) is 10.1 Å². The predicted molar refractivity (Wildman–Crippen MR) is 71.7 cm³/mol. The summed E-state index contributed by atoms with van der Waals surface area (Å²) in [6, 6.07) is 4.80. The van der Waals surface area contributed by atoms with E-state index in [1.165, 1.54) is 13.2 Å². The first kappa shape index (κ1) is 13.6. The van der Waals surface area contributed by atoms with E-state index in [2.05, 4.69) is 0 Å². The van der Waals surface area contributed by atoms with E-state index >= 15 is 0 Å². The lowest BCUT2D eigenvalue weighted by molar-refractivity contribution is -0.384. The van der Waals surface area contributed by atoms with Crippen LogP contribution in [0.25, 0.3) is 0 Å². The molecule has 1 aromatic rings. The Hall–Kier alpha value is -1.82. The third kappa shape index (κ3) is 2.78. The number of methoxy groups -OCH3 is 1. The quantitative estimate of drug-likeness (QED) is 0.666. The van der Waals surface area contributed by atoms with Crippen molar-refractivity contribution in [2.75, 3.05) is 25.2 Å². The predicted octanol–water partition coefficient (Wildman–Crippen LogP) is 1.95. The Morgan fingerprint density at radius 3 is 2.95 bits per heavy atom. The van der Waals surface area contributed by atoms with Gasteiger partial charge in [-0.1, -0.05) is 0 Å². The molecule has 0 aliphatic carbocycles. The zero-order valence-corrected chi connectivity index (χ0v) is 10.9. The van der Waals surface area contributed by atoms with E-state index in [4.69, 9.17) is 4.74 Å². The highest BCUT2D eigenvalue weighted by Crippen LogP contribution is 2.35. The zero-order valence-electron chi connectivity index (χ0n) is 10.9. The van der Waals surface area contributed by atoms with Crippen LogP contribution >= 0.6 is 0 Å². The number of ether oxygens (including phenoxy) is 1. The Morgan fingerprint density at radius 2 is 2.32 bits per heavy atom. The fourth-order valence-electron chi connectivity index (χ4n) is 2.53. The van der Waals surface area contributed by atoms with Crippen molar-refractivity contribution in [3.05, 3.63) is 28.3 Å². The van der Waals surface area contributed by atoms with Gasteiger partial charge in [-0.05, 0) is 31.4 Å². The van der Waals surface area contributed by atoms with E-state index in [1.54, 1.807) is 12.1 Å². The molecule has 1 atom stereocenters. The van der Waals surface area contributed by atoms with Crippen LogP contribution in [-0.4, -0.2) is 36.3 Å². The van der Waals surface area contributed by atoms with Gasteiger partial charge < -0.3 is 14.7 Å². The van der Waals surface area contributed by atoms with Crippen LogP contribution in [0.1, 0.15) is 19.3 Å². The molecular formula is C13H18N2O4. The number of anilines is 1. The van der Waals surface area contributed by atoms with Gasteiger partial charge in [0.15, 0.2) is 0 Å². The minimum atomic E-state index is -0.402. The van der Waals surface area contributed by atoms with E-state index in [0.29, 0.717) is 11.4 Å². The maximum Gasteiger partial charge on any atom is 0.296 e. The van der Waals surface area contributed by atoms with Gasteiger partial charge in [0, 0.05) is 6.54 Å². The van der Waals surface area contributed by atoms with Crippen molar-refractivity contribution in [1.82, 2.24) is 0 Å². The number of rotatable bonds is 4. The summed E-state index contributed by atoms with van der Waals surface area (Å²) in [6.07, 6.45) is 2.89. The average molecular weight is 266 g/mol. The first-order valence-electron chi connectivity index (χ1n) is 6.37. The number of hydrogen-bond donors (Lipinski definition) is 1. The number of nitro benzene ring substituents is 1. The van der Waals surface area contributed by atoms with Gasteiger partial charge in [-0.3, -0.25) is 10.1 Å². The van der Waals surface area contributed by atoms with E-state index < -0.39 is 4.92 Å². The highest BCUT2D eigenvalue weighted by Gasteiger charge is 2.27. The Bertz CT molecular complexity index is 464. The SMILES string of the molecule is COc1ccc(N2CCCCC2CO)c([N+](=O)[O-])c1. The third-order valence-corrected chi connectivity index (χ3v) is 3.53. The molecule has 19 heavy (non-hydrogen) atoms. The summed E-state index contributed by atoms with van der Waals surface area (Å²) in [4.78, 5) is 12.7. The summed E-state index contributed by atoms with van der Waals surface area (Å²) in [5, 5.41) is 20.6. The molecule has 0 bridgehead atoms. The molecule has 1 aliphatic rings. The van der Waals surface area contributed by atoms with Crippen molar-refractivity contribution in [1.29, 1.82) is 0 Å². The molecule has 1 saturated heterocycles. The summed E-state index contributed by atoms with van der Waals surface area (Å²) >= 11 is 0. The minimum absolute atomic E-state index is 0.0170. The lowest BCUT2D eigenvalue weighted by Crippen LogP contribution is -2.42. The van der Waals surface area contributed by atoms with Gasteiger partial charge in [-0.15, -0.1) is 0 Å². The molecule has 0 amide bonds. The molecular weight excluding hydrogens is 248 g/mol. The normalized spacial score (nSPS) is 19.3. The molecule has 0 spiro atoms. The second-order valence-electron chi connectivity index (χ2n) is 4.64. The van der Waals surface area contributed by atoms with Gasteiger partial charge in [0.05, 0.1) is 30.7 Å². The average Bonchev–Trinajstić information content (AvgIpc) is 2.46. The van der Waals surface area contributed by atoms with Crippen molar-refractivity contribution in [2.24, 2.45) is 0 Å². The third-order valence-electron chi connectivity index (χ3n) is 3.53. The fourth-order valence-corrected chi connectivity index (χ4v) is 2.53. The van der Waals surface area contributed by atoms with Crippen LogP contribution in [0.4, 0.5) is 11.4 Å². The number of nitrogens with zero attached hydrogens (tertiary/aromatic N) is 2. The molecule has 104 valence electrons. The second-order valence-corrected chi connectivity index (χ2v) is 4.64. The summed E-state index contributed by atoms with van der Waals surface area (Å²) < 4.78 is 5.03. The number of aliphatic hydroxyl groups excluding tert-OH is 1. The molecule has 1 fully saturated rings. The van der Waals surface area contributed by atoms with Gasteiger partial charge in [0.2, 0.25) is 0 Å². The summed E-state index contributed by atoms with van der Waals surface area (Å²) in [5.74, 6) is 0.466. The standard InChI is InChI=1S/C13H18N2O4/c1-19-11-5-6-12(13(8-11)15(17)18)14-7-3-2-4-10(14)9-16/h5-6,8,10,16H,2-4,7,9H2,1H3. The summed E-state index contributed by atoms with van der Waals surface area (Å²) in [5.41, 5.74) is 0.587. The van der Waals surface area contributed by atoms with Crippen molar-refractivity contribution in [2.45, 2.75) is 25.3 Å². The lowest BCUT2D eigenvalue weighted by atomic mass is 10.0. The summed E-state index contributed by atoms with van der Waals surface area (Å²) in [6.45, 7) is 0.752. The topological polar surface area (TPSA) is 75.8 Å². The minimum Gasteiger partial charge on any atom is -0.496 e. The smallest absolute Gasteiger partial charge is 0.296 e. The molecule has 6 nitrogen and oxygen atoms in total. The number of piperidine rings is 1. The Labute approximate surface area is 111 Å². The van der Waals surface area contributed by atoms with Crippen LogP contribution in [0.3, 0.4) is 0 Å². The van der Waals surface area contributed by atoms with Crippen LogP contribution in [0.2, 0.25) is 0 Å². The van der Waals surface area contributed by atoms with Crippen LogP contribution in [0.5, 0.6) is 5.75 Å². The van der Waals surface area contributed by atoms with Crippen molar-refractivity contribution in [3.63, 3.8) is 0 Å². The lowest BCUT2D eigenvalue weighted by Gasteiger charge is -2.36. The number of hydrogen-bond acceptors (Lipinski definition) is 5. The van der Waals surface area contributed by atoms with Gasteiger partial charge in [0.1, 0.15) is 11.4 Å². The highest BCUT2D eigenvalue weighted by molar-refractivity contribution is 5.66. The molecule has 0 radical (unpaired) electrons. The van der Waals surface area contributed by atoms with Gasteiger partial charge in [-0.2, -0.15) is 0 Å². The maximum absolute atomic E-state index is 11.2. The van der Waals surface area contributed by atoms with Crippen LogP contribution < -0.4 is 9.64 Å². The molecule has 6 heteroatoms. The van der Waals surface area contributed by atoms with Gasteiger partial charge in [-0.25, -0.2) is 0 Å². The molecule has 1 heterocycles. The van der Waals surface area contributed by atoms with E-state index in [0.717, 1.165) is 25.8 Å². The molecule has 0 aromatic heterocycles. The monoisotopic (exact) mass is 266 g/mol. The first-order chi connectivity index (χ1) is 9.17. The van der Waals surface area contributed by atoms with Crippen molar-refractivity contribution < 1.29 is 14.8 Å². The van der Waals surface area contributed by atoms with E-state index in [1.807, 2.05) is 4.90 Å². The largest absolute Gasteiger partial charge is 0.496 e. The Balaban J connectivity index is 2.39. The highest BCUT2D eigenvalue weighted by atomic mass is 16.6.